The molecule has 0 spiro atoms. The fourth-order valence-corrected chi connectivity index (χ4v) is 3.24. The summed E-state index contributed by atoms with van der Waals surface area (Å²) in [6.45, 7) is 4.08. The average Bonchev–Trinajstić information content (AvgIpc) is 3.01. The van der Waals surface area contributed by atoms with Crippen molar-refractivity contribution in [3.8, 4) is 33.8 Å². The summed E-state index contributed by atoms with van der Waals surface area (Å²) < 4.78 is 11.4. The molecule has 1 unspecified atom stereocenters. The van der Waals surface area contributed by atoms with Gasteiger partial charge in [-0.25, -0.2) is 0 Å². The van der Waals surface area contributed by atoms with Crippen LogP contribution in [0, 0.1) is 6.92 Å². The Hall–Kier alpha value is -2.74. The quantitative estimate of drug-likeness (QED) is 0.664. The van der Waals surface area contributed by atoms with Gasteiger partial charge in [-0.15, -0.1) is 0 Å². The molecule has 0 aliphatic carbocycles. The number of rotatable bonds is 3. The maximum Gasteiger partial charge on any atom is 0.130 e. The van der Waals surface area contributed by atoms with Crippen molar-refractivity contribution in [1.29, 1.82) is 0 Å². The summed E-state index contributed by atoms with van der Waals surface area (Å²) in [7, 11) is 1.69. The van der Waals surface area contributed by atoms with E-state index < -0.39 is 0 Å². The molecule has 1 heterocycles. The van der Waals surface area contributed by atoms with Crippen LogP contribution in [0.4, 0.5) is 0 Å². The average molecular weight is 315 g/mol. The molecule has 0 saturated carbocycles. The molecule has 1 aliphatic rings. The minimum atomic E-state index is -0.0321. The van der Waals surface area contributed by atoms with Gasteiger partial charge in [-0.05, 0) is 53.4 Å². The molecule has 0 saturated heterocycles. The van der Waals surface area contributed by atoms with Crippen molar-refractivity contribution in [3.63, 3.8) is 0 Å². The van der Waals surface area contributed by atoms with Gasteiger partial charge in [-0.1, -0.05) is 42.5 Å². The van der Waals surface area contributed by atoms with E-state index in [-0.39, 0.29) is 6.10 Å². The maximum atomic E-state index is 6.00. The SMILES string of the molecule is [CH2]C1Cc2cc(-c3ccccc3)cc(-c3cccc(OC)c3)c2O1. The maximum absolute atomic E-state index is 6.00. The fourth-order valence-electron chi connectivity index (χ4n) is 3.24. The lowest BCUT2D eigenvalue weighted by Gasteiger charge is -2.13. The number of ether oxygens (including phenoxy) is 2. The summed E-state index contributed by atoms with van der Waals surface area (Å²) in [6, 6.07) is 22.9. The number of hydrogen-bond donors (Lipinski definition) is 0. The Labute approximate surface area is 142 Å². The first kappa shape index (κ1) is 14.8. The van der Waals surface area contributed by atoms with Crippen molar-refractivity contribution < 1.29 is 9.47 Å². The number of benzene rings is 3. The predicted octanol–water partition coefficient (Wildman–Crippen LogP) is 5.17. The summed E-state index contributed by atoms with van der Waals surface area (Å²) in [5.41, 5.74) is 5.81. The predicted molar refractivity (Wildman–Crippen MR) is 97.3 cm³/mol. The number of methoxy groups -OCH3 is 1. The molecule has 3 aromatic carbocycles. The molecule has 0 fully saturated rings. The van der Waals surface area contributed by atoms with Crippen LogP contribution >= 0.6 is 0 Å². The van der Waals surface area contributed by atoms with Crippen LogP contribution in [0.5, 0.6) is 11.5 Å². The highest BCUT2D eigenvalue weighted by molar-refractivity contribution is 5.80. The van der Waals surface area contributed by atoms with Crippen molar-refractivity contribution in [2.75, 3.05) is 7.11 Å². The van der Waals surface area contributed by atoms with E-state index in [0.717, 1.165) is 29.0 Å². The van der Waals surface area contributed by atoms with Crippen molar-refractivity contribution in [1.82, 2.24) is 0 Å². The first-order valence-electron chi connectivity index (χ1n) is 8.11. The van der Waals surface area contributed by atoms with E-state index in [9.17, 15) is 0 Å². The van der Waals surface area contributed by atoms with Gasteiger partial charge >= 0.3 is 0 Å². The van der Waals surface area contributed by atoms with Crippen molar-refractivity contribution in [2.24, 2.45) is 0 Å². The lowest BCUT2D eigenvalue weighted by atomic mass is 9.94. The van der Waals surface area contributed by atoms with Gasteiger partial charge in [0, 0.05) is 12.0 Å². The van der Waals surface area contributed by atoms with Gasteiger partial charge in [0.2, 0.25) is 0 Å². The van der Waals surface area contributed by atoms with E-state index in [1.54, 1.807) is 7.11 Å². The second-order valence-electron chi connectivity index (χ2n) is 6.05. The lowest BCUT2D eigenvalue weighted by molar-refractivity contribution is 0.282. The standard InChI is InChI=1S/C22H19O2/c1-15-11-19-12-18(16-7-4-3-5-8-16)14-21(22(19)24-15)17-9-6-10-20(13-17)23-2/h3-10,12-15H,1,11H2,2H3. The van der Waals surface area contributed by atoms with E-state index in [1.165, 1.54) is 16.7 Å². The topological polar surface area (TPSA) is 18.5 Å². The largest absolute Gasteiger partial charge is 0.497 e. The highest BCUT2D eigenvalue weighted by Gasteiger charge is 2.24. The van der Waals surface area contributed by atoms with E-state index in [1.807, 2.05) is 24.3 Å². The van der Waals surface area contributed by atoms with Crippen molar-refractivity contribution in [2.45, 2.75) is 12.5 Å². The third-order valence-electron chi connectivity index (χ3n) is 4.39. The second kappa shape index (κ2) is 6.04. The van der Waals surface area contributed by atoms with Gasteiger partial charge in [0.15, 0.2) is 0 Å². The molecule has 1 atom stereocenters. The molecule has 24 heavy (non-hydrogen) atoms. The van der Waals surface area contributed by atoms with Gasteiger partial charge in [-0.2, -0.15) is 0 Å². The fraction of sp³-hybridized carbons (Fsp3) is 0.136. The summed E-state index contributed by atoms with van der Waals surface area (Å²) in [4.78, 5) is 0. The highest BCUT2D eigenvalue weighted by Crippen LogP contribution is 2.42. The number of fused-ring (bicyclic) bond motifs is 1. The Morgan fingerprint density at radius 1 is 0.917 bits per heavy atom. The zero-order valence-electron chi connectivity index (χ0n) is 13.7. The van der Waals surface area contributed by atoms with Crippen LogP contribution in [-0.2, 0) is 6.42 Å². The Bertz CT molecular complexity index is 868. The lowest BCUT2D eigenvalue weighted by Crippen LogP contribution is -2.06. The van der Waals surface area contributed by atoms with Crippen LogP contribution in [0.25, 0.3) is 22.3 Å². The normalized spacial score (nSPS) is 15.7. The molecule has 119 valence electrons. The van der Waals surface area contributed by atoms with Gasteiger partial charge in [0.05, 0.1) is 7.11 Å². The van der Waals surface area contributed by atoms with E-state index in [4.69, 9.17) is 9.47 Å². The molecule has 0 aromatic heterocycles. The van der Waals surface area contributed by atoms with Crippen LogP contribution in [0.2, 0.25) is 0 Å². The monoisotopic (exact) mass is 315 g/mol. The van der Waals surface area contributed by atoms with E-state index in [0.29, 0.717) is 0 Å². The molecular weight excluding hydrogens is 296 g/mol. The molecule has 2 heteroatoms. The molecule has 2 nitrogen and oxygen atoms in total. The summed E-state index contributed by atoms with van der Waals surface area (Å²) >= 11 is 0. The molecular formula is C22H19O2. The Morgan fingerprint density at radius 2 is 1.71 bits per heavy atom. The van der Waals surface area contributed by atoms with Crippen LogP contribution in [-0.4, -0.2) is 13.2 Å². The summed E-state index contributed by atoms with van der Waals surface area (Å²) in [5.74, 6) is 1.79. The molecule has 1 radical (unpaired) electrons. The van der Waals surface area contributed by atoms with E-state index in [2.05, 4.69) is 49.4 Å². The molecule has 1 aliphatic heterocycles. The van der Waals surface area contributed by atoms with Crippen LogP contribution < -0.4 is 9.47 Å². The molecule has 0 amide bonds. The second-order valence-corrected chi connectivity index (χ2v) is 6.05. The molecule has 4 rings (SSSR count). The van der Waals surface area contributed by atoms with Crippen molar-refractivity contribution in [3.05, 3.63) is 79.2 Å². The third kappa shape index (κ3) is 2.65. The first-order valence-corrected chi connectivity index (χ1v) is 8.11. The Morgan fingerprint density at radius 3 is 2.50 bits per heavy atom. The number of hydrogen-bond acceptors (Lipinski definition) is 2. The smallest absolute Gasteiger partial charge is 0.130 e. The minimum Gasteiger partial charge on any atom is -0.497 e. The van der Waals surface area contributed by atoms with Crippen molar-refractivity contribution >= 4 is 0 Å². The highest BCUT2D eigenvalue weighted by atomic mass is 16.5. The third-order valence-corrected chi connectivity index (χ3v) is 4.39. The van der Waals surface area contributed by atoms with Gasteiger partial charge < -0.3 is 9.47 Å². The van der Waals surface area contributed by atoms with Gasteiger partial charge in [-0.3, -0.25) is 0 Å². The van der Waals surface area contributed by atoms with Crippen LogP contribution in [0.15, 0.2) is 66.7 Å². The molecule has 0 N–H and O–H groups in total. The minimum absolute atomic E-state index is 0.0321. The molecule has 3 aromatic rings. The van der Waals surface area contributed by atoms with Gasteiger partial charge in [0.25, 0.3) is 0 Å². The first-order chi connectivity index (χ1) is 11.7. The summed E-state index contributed by atoms with van der Waals surface area (Å²) in [5, 5.41) is 0. The molecule has 0 bridgehead atoms. The van der Waals surface area contributed by atoms with Gasteiger partial charge in [0.1, 0.15) is 17.6 Å². The van der Waals surface area contributed by atoms with Crippen LogP contribution in [0.3, 0.4) is 0 Å². The Balaban J connectivity index is 1.90. The Kier molecular flexibility index (Phi) is 3.73. The zero-order valence-corrected chi connectivity index (χ0v) is 13.7. The van der Waals surface area contributed by atoms with Crippen LogP contribution in [0.1, 0.15) is 5.56 Å². The zero-order chi connectivity index (χ0) is 16.5. The van der Waals surface area contributed by atoms with E-state index >= 15 is 0 Å². The summed E-state index contributed by atoms with van der Waals surface area (Å²) in [6.07, 6.45) is 0.808.